The van der Waals surface area contributed by atoms with Gasteiger partial charge in [0.2, 0.25) is 17.7 Å². The van der Waals surface area contributed by atoms with Gasteiger partial charge in [0.05, 0.1) is 5.25 Å². The summed E-state index contributed by atoms with van der Waals surface area (Å²) >= 11 is 12.5. The summed E-state index contributed by atoms with van der Waals surface area (Å²) in [5.41, 5.74) is 0.828. The lowest BCUT2D eigenvalue weighted by atomic mass is 10.2. The van der Waals surface area contributed by atoms with Crippen LogP contribution >= 0.6 is 35.6 Å². The summed E-state index contributed by atoms with van der Waals surface area (Å²) in [6.07, 6.45) is 1.33. The second kappa shape index (κ2) is 6.98. The molecule has 1 aromatic heterocycles. The highest BCUT2D eigenvalue weighted by Crippen LogP contribution is 2.27. The van der Waals surface area contributed by atoms with Gasteiger partial charge in [-0.15, -0.1) is 10.2 Å². The maximum Gasteiger partial charge on any atom is 0.247 e. The normalized spacial score (nSPS) is 18.0. The lowest BCUT2D eigenvalue weighted by Crippen LogP contribution is -2.31. The van der Waals surface area contributed by atoms with Crippen LogP contribution in [-0.4, -0.2) is 37.1 Å². The number of amides is 1. The summed E-state index contributed by atoms with van der Waals surface area (Å²) in [5.74, 6) is 1.09. The molecule has 3 rings (SSSR count). The van der Waals surface area contributed by atoms with E-state index in [1.54, 1.807) is 17.0 Å². The van der Waals surface area contributed by atoms with E-state index in [9.17, 15) is 4.79 Å². The van der Waals surface area contributed by atoms with Gasteiger partial charge in [-0.25, -0.2) is 0 Å². The number of rotatable bonds is 5. The number of nitrogens with zero attached hydrogens (tertiary/aromatic N) is 3. The quantitative estimate of drug-likeness (QED) is 0.753. The third-order valence-electron chi connectivity index (χ3n) is 3.44. The number of halogens is 1. The zero-order valence-electron chi connectivity index (χ0n) is 12.4. The van der Waals surface area contributed by atoms with Crippen molar-refractivity contribution >= 4 is 45.8 Å². The molecule has 0 spiro atoms. The number of carbonyl (C=O) groups excluding carboxylic acids is 1. The van der Waals surface area contributed by atoms with E-state index in [1.165, 1.54) is 11.8 Å². The van der Waals surface area contributed by atoms with Crippen LogP contribution in [0.15, 0.2) is 28.7 Å². The van der Waals surface area contributed by atoms with Gasteiger partial charge in [-0.1, -0.05) is 35.6 Å². The van der Waals surface area contributed by atoms with Crippen LogP contribution in [0.2, 0.25) is 5.02 Å². The van der Waals surface area contributed by atoms with Crippen LogP contribution in [0.1, 0.15) is 19.2 Å². The van der Waals surface area contributed by atoms with Crippen molar-refractivity contribution in [2.24, 2.45) is 0 Å². The Balaban J connectivity index is 1.56. The number of hydrogen-bond acceptors (Lipinski definition) is 6. The fourth-order valence-electron chi connectivity index (χ4n) is 2.23. The maximum absolute atomic E-state index is 11.9. The largest absolute Gasteiger partial charge is 0.421 e. The molecule has 2 aromatic rings. The van der Waals surface area contributed by atoms with E-state index in [0.29, 0.717) is 34.1 Å². The first-order chi connectivity index (χ1) is 11.0. The molecule has 0 bridgehead atoms. The number of benzene rings is 1. The zero-order chi connectivity index (χ0) is 16.4. The first-order valence-electron chi connectivity index (χ1n) is 7.15. The van der Waals surface area contributed by atoms with Gasteiger partial charge in [0.25, 0.3) is 0 Å². The molecule has 1 unspecified atom stereocenters. The second-order valence-electron chi connectivity index (χ2n) is 5.13. The van der Waals surface area contributed by atoms with Crippen molar-refractivity contribution in [1.82, 2.24) is 15.1 Å². The van der Waals surface area contributed by atoms with Gasteiger partial charge >= 0.3 is 0 Å². The number of aryl methyl sites for hydroxylation is 1. The van der Waals surface area contributed by atoms with Gasteiger partial charge in [0, 0.05) is 23.6 Å². The number of thioether (sulfide) groups is 1. The van der Waals surface area contributed by atoms with Gasteiger partial charge in [-0.05, 0) is 37.6 Å². The molecule has 0 N–H and O–H groups in total. The fourth-order valence-corrected chi connectivity index (χ4v) is 3.81. The zero-order valence-corrected chi connectivity index (χ0v) is 14.7. The summed E-state index contributed by atoms with van der Waals surface area (Å²) in [6.45, 7) is 2.45. The average Bonchev–Trinajstić information content (AvgIpc) is 3.08. The molecular weight excluding hydrogens is 354 g/mol. The Hall–Kier alpha value is -1.44. The molecule has 1 fully saturated rings. The molecule has 0 aliphatic carbocycles. The van der Waals surface area contributed by atoms with Crippen LogP contribution < -0.4 is 0 Å². The Morgan fingerprint density at radius 2 is 2.09 bits per heavy atom. The van der Waals surface area contributed by atoms with Crippen molar-refractivity contribution in [2.45, 2.75) is 25.0 Å². The molecule has 1 aliphatic heterocycles. The van der Waals surface area contributed by atoms with Gasteiger partial charge in [-0.3, -0.25) is 9.69 Å². The Labute approximate surface area is 148 Å². The molecule has 120 valence electrons. The monoisotopic (exact) mass is 367 g/mol. The molecule has 1 aliphatic rings. The predicted molar refractivity (Wildman–Crippen MR) is 94.4 cm³/mol. The summed E-state index contributed by atoms with van der Waals surface area (Å²) in [4.78, 5) is 13.6. The van der Waals surface area contributed by atoms with Crippen LogP contribution in [0.4, 0.5) is 0 Å². The van der Waals surface area contributed by atoms with E-state index < -0.39 is 0 Å². The summed E-state index contributed by atoms with van der Waals surface area (Å²) < 4.78 is 6.29. The molecular formula is C15H14ClN3O2S2. The molecule has 1 aromatic carbocycles. The number of carbonyl (C=O) groups is 1. The molecule has 1 atom stereocenters. The molecule has 0 radical (unpaired) electrons. The van der Waals surface area contributed by atoms with Gasteiger partial charge < -0.3 is 4.42 Å². The SMILES string of the molecule is CC1SC(=S)N(CCCc2nnc(-c3ccc(Cl)cc3)o2)C1=O. The van der Waals surface area contributed by atoms with E-state index in [1.807, 2.05) is 19.1 Å². The van der Waals surface area contributed by atoms with E-state index in [-0.39, 0.29) is 11.2 Å². The number of thiocarbonyl (C=S) groups is 1. The first kappa shape index (κ1) is 16.4. The van der Waals surface area contributed by atoms with Crippen LogP contribution in [-0.2, 0) is 11.2 Å². The highest BCUT2D eigenvalue weighted by atomic mass is 35.5. The molecule has 2 heterocycles. The predicted octanol–water partition coefficient (Wildman–Crippen LogP) is 3.57. The smallest absolute Gasteiger partial charge is 0.247 e. The van der Waals surface area contributed by atoms with E-state index in [2.05, 4.69) is 10.2 Å². The van der Waals surface area contributed by atoms with Crippen molar-refractivity contribution in [2.75, 3.05) is 6.54 Å². The molecule has 8 heteroatoms. The minimum absolute atomic E-state index is 0.0763. The van der Waals surface area contributed by atoms with E-state index >= 15 is 0 Å². The fraction of sp³-hybridized carbons (Fsp3) is 0.333. The van der Waals surface area contributed by atoms with Crippen LogP contribution in [0.3, 0.4) is 0 Å². The third kappa shape index (κ3) is 3.73. The summed E-state index contributed by atoms with van der Waals surface area (Å²) in [5, 5.41) is 8.66. The number of aromatic nitrogens is 2. The highest BCUT2D eigenvalue weighted by Gasteiger charge is 2.33. The molecule has 5 nitrogen and oxygen atoms in total. The summed E-state index contributed by atoms with van der Waals surface area (Å²) in [6, 6.07) is 7.22. The molecule has 1 amide bonds. The minimum Gasteiger partial charge on any atom is -0.421 e. The van der Waals surface area contributed by atoms with Crippen molar-refractivity contribution < 1.29 is 9.21 Å². The molecule has 0 saturated carbocycles. The lowest BCUT2D eigenvalue weighted by Gasteiger charge is -2.13. The van der Waals surface area contributed by atoms with Crippen molar-refractivity contribution in [3.05, 3.63) is 35.2 Å². The van der Waals surface area contributed by atoms with Crippen molar-refractivity contribution in [3.8, 4) is 11.5 Å². The van der Waals surface area contributed by atoms with Gasteiger partial charge in [-0.2, -0.15) is 0 Å². The van der Waals surface area contributed by atoms with Crippen molar-refractivity contribution in [3.63, 3.8) is 0 Å². The van der Waals surface area contributed by atoms with Crippen LogP contribution in [0.5, 0.6) is 0 Å². The minimum atomic E-state index is -0.0811. The van der Waals surface area contributed by atoms with Gasteiger partial charge in [0.15, 0.2) is 0 Å². The van der Waals surface area contributed by atoms with E-state index in [0.717, 1.165) is 12.0 Å². The maximum atomic E-state index is 11.9. The van der Waals surface area contributed by atoms with Crippen LogP contribution in [0.25, 0.3) is 11.5 Å². The standard InChI is InChI=1S/C15H14ClN3O2S2/c1-9-14(20)19(15(22)23-9)8-2-3-12-17-18-13(21-12)10-4-6-11(16)7-5-10/h4-7,9H,2-3,8H2,1H3. The molecule has 1 saturated heterocycles. The van der Waals surface area contributed by atoms with Gasteiger partial charge in [0.1, 0.15) is 4.32 Å². The third-order valence-corrected chi connectivity index (χ3v) is 5.18. The average molecular weight is 368 g/mol. The molecule has 23 heavy (non-hydrogen) atoms. The number of hydrogen-bond donors (Lipinski definition) is 0. The second-order valence-corrected chi connectivity index (χ2v) is 7.54. The van der Waals surface area contributed by atoms with Crippen molar-refractivity contribution in [1.29, 1.82) is 0 Å². The van der Waals surface area contributed by atoms with E-state index in [4.69, 9.17) is 28.2 Å². The first-order valence-corrected chi connectivity index (χ1v) is 8.81. The highest BCUT2D eigenvalue weighted by molar-refractivity contribution is 8.24. The Morgan fingerprint density at radius 1 is 1.35 bits per heavy atom. The Kier molecular flexibility index (Phi) is 4.99. The lowest BCUT2D eigenvalue weighted by molar-refractivity contribution is -0.125. The Bertz CT molecular complexity index is 733. The van der Waals surface area contributed by atoms with Crippen LogP contribution in [0, 0.1) is 0 Å². The topological polar surface area (TPSA) is 59.2 Å². The Morgan fingerprint density at radius 3 is 2.74 bits per heavy atom. The summed E-state index contributed by atoms with van der Waals surface area (Å²) in [7, 11) is 0.